The molecule has 0 saturated carbocycles. The van der Waals surface area contributed by atoms with E-state index in [0.29, 0.717) is 36.1 Å². The summed E-state index contributed by atoms with van der Waals surface area (Å²) in [6.45, 7) is 3.01. The van der Waals surface area contributed by atoms with E-state index in [1.165, 1.54) is 11.8 Å². The van der Waals surface area contributed by atoms with Crippen molar-refractivity contribution in [2.75, 3.05) is 36.8 Å². The van der Waals surface area contributed by atoms with Gasteiger partial charge in [-0.2, -0.15) is 0 Å². The molecule has 30 heavy (non-hydrogen) atoms. The van der Waals surface area contributed by atoms with E-state index in [1.807, 2.05) is 28.8 Å². The van der Waals surface area contributed by atoms with Crippen LogP contribution >= 0.6 is 23.4 Å². The van der Waals surface area contributed by atoms with Gasteiger partial charge in [-0.1, -0.05) is 29.4 Å². The zero-order valence-electron chi connectivity index (χ0n) is 16.7. The Kier molecular flexibility index (Phi) is 6.48. The summed E-state index contributed by atoms with van der Waals surface area (Å²) >= 11 is 7.59. The molecular formula is C20H25ClN6O2S. The minimum Gasteiger partial charge on any atom is -0.369 e. The topological polar surface area (TPSA) is 97.3 Å². The van der Waals surface area contributed by atoms with Crippen LogP contribution in [-0.4, -0.2) is 63.4 Å². The Balaban J connectivity index is 1.49. The normalized spacial score (nSPS) is 17.5. The number of thioether (sulfide) groups is 1. The van der Waals surface area contributed by atoms with E-state index < -0.39 is 0 Å². The predicted octanol–water partition coefficient (Wildman–Crippen LogP) is 2.34. The molecule has 0 aliphatic carbocycles. The van der Waals surface area contributed by atoms with Crippen LogP contribution < -0.4 is 10.6 Å². The minimum absolute atomic E-state index is 0.0336. The molecule has 2 N–H and O–H groups in total. The van der Waals surface area contributed by atoms with E-state index in [1.54, 1.807) is 4.90 Å². The van der Waals surface area contributed by atoms with Crippen LogP contribution in [0.5, 0.6) is 0 Å². The fourth-order valence-corrected chi connectivity index (χ4v) is 4.98. The summed E-state index contributed by atoms with van der Waals surface area (Å²) < 4.78 is 1.98. The zero-order chi connectivity index (χ0) is 21.1. The highest BCUT2D eigenvalue weighted by Gasteiger charge is 2.27. The maximum absolute atomic E-state index is 12.7. The predicted molar refractivity (Wildman–Crippen MR) is 117 cm³/mol. The van der Waals surface area contributed by atoms with Crippen LogP contribution in [0.15, 0.2) is 29.4 Å². The number of likely N-dealkylation sites (tertiary alicyclic amines) is 1. The van der Waals surface area contributed by atoms with Gasteiger partial charge in [-0.05, 0) is 43.9 Å². The average molecular weight is 449 g/mol. The van der Waals surface area contributed by atoms with Gasteiger partial charge in [0.25, 0.3) is 0 Å². The molecular weight excluding hydrogens is 424 g/mol. The number of piperidine rings is 1. The van der Waals surface area contributed by atoms with Crippen LogP contribution in [0.4, 0.5) is 5.95 Å². The summed E-state index contributed by atoms with van der Waals surface area (Å²) in [7, 11) is 0. The number of carbonyl (C=O) groups is 2. The van der Waals surface area contributed by atoms with Crippen LogP contribution in [-0.2, 0) is 9.59 Å². The molecule has 2 fully saturated rings. The molecule has 2 saturated heterocycles. The van der Waals surface area contributed by atoms with Crippen molar-refractivity contribution >= 4 is 41.1 Å². The minimum atomic E-state index is -0.277. The number of nitrogens with zero attached hydrogens (tertiary/aromatic N) is 5. The van der Waals surface area contributed by atoms with Gasteiger partial charge in [0, 0.05) is 37.1 Å². The lowest BCUT2D eigenvalue weighted by molar-refractivity contribution is -0.132. The van der Waals surface area contributed by atoms with Crippen LogP contribution in [0, 0.1) is 5.92 Å². The third kappa shape index (κ3) is 4.57. The average Bonchev–Trinajstić information content (AvgIpc) is 3.41. The Bertz CT molecular complexity index is 922. The molecule has 2 amide bonds. The van der Waals surface area contributed by atoms with Crippen LogP contribution in [0.2, 0.25) is 5.02 Å². The van der Waals surface area contributed by atoms with E-state index in [9.17, 15) is 9.59 Å². The fraction of sp³-hybridized carbons (Fsp3) is 0.500. The highest BCUT2D eigenvalue weighted by molar-refractivity contribution is 7.99. The number of rotatable bonds is 6. The van der Waals surface area contributed by atoms with Gasteiger partial charge in [-0.3, -0.25) is 14.2 Å². The highest BCUT2D eigenvalue weighted by Crippen LogP contribution is 2.30. The number of halogens is 1. The van der Waals surface area contributed by atoms with Crippen molar-refractivity contribution in [3.8, 4) is 5.69 Å². The van der Waals surface area contributed by atoms with Gasteiger partial charge in [0.15, 0.2) is 5.16 Å². The van der Waals surface area contributed by atoms with E-state index >= 15 is 0 Å². The summed E-state index contributed by atoms with van der Waals surface area (Å²) in [5.74, 6) is 0.675. The van der Waals surface area contributed by atoms with E-state index in [4.69, 9.17) is 17.3 Å². The van der Waals surface area contributed by atoms with Crippen molar-refractivity contribution in [1.82, 2.24) is 19.7 Å². The second kappa shape index (κ2) is 9.26. The molecule has 1 aromatic carbocycles. The number of carbonyl (C=O) groups excluding carboxylic acids is 2. The summed E-state index contributed by atoms with van der Waals surface area (Å²) in [6, 6.07) is 7.57. The maximum Gasteiger partial charge on any atom is 0.233 e. The van der Waals surface area contributed by atoms with Gasteiger partial charge in [0.05, 0.1) is 11.4 Å². The third-order valence-corrected chi connectivity index (χ3v) is 6.80. The van der Waals surface area contributed by atoms with Crippen LogP contribution in [0.1, 0.15) is 25.7 Å². The summed E-state index contributed by atoms with van der Waals surface area (Å²) in [4.78, 5) is 28.1. The van der Waals surface area contributed by atoms with Crippen LogP contribution in [0.3, 0.4) is 0 Å². The standard InChI is InChI=1S/C20H25ClN6O2S/c21-15-4-3-5-16(12-15)27-19(26-8-1-2-9-26)23-24-20(27)30-13-17(28)25-10-6-14(7-11-25)18(22)29/h3-5,12,14H,1-2,6-11,13H2,(H2,22,29). The second-order valence-corrected chi connectivity index (χ2v) is 9.02. The molecule has 2 aliphatic heterocycles. The van der Waals surface area contributed by atoms with Crippen molar-refractivity contribution in [1.29, 1.82) is 0 Å². The summed E-state index contributed by atoms with van der Waals surface area (Å²) in [5, 5.41) is 10.1. The van der Waals surface area contributed by atoms with E-state index in [-0.39, 0.29) is 23.5 Å². The molecule has 10 heteroatoms. The first kappa shape index (κ1) is 21.0. The van der Waals surface area contributed by atoms with Crippen molar-refractivity contribution in [2.45, 2.75) is 30.8 Å². The molecule has 1 aromatic heterocycles. The van der Waals surface area contributed by atoms with Gasteiger partial charge < -0.3 is 15.5 Å². The highest BCUT2D eigenvalue weighted by atomic mass is 35.5. The second-order valence-electron chi connectivity index (χ2n) is 7.64. The summed E-state index contributed by atoms with van der Waals surface area (Å²) in [5.41, 5.74) is 6.26. The Morgan fingerprint density at radius 2 is 1.87 bits per heavy atom. The largest absolute Gasteiger partial charge is 0.369 e. The molecule has 0 radical (unpaired) electrons. The number of hydrogen-bond donors (Lipinski definition) is 1. The number of aromatic nitrogens is 3. The fourth-order valence-electron chi connectivity index (χ4n) is 3.95. The number of anilines is 1. The SMILES string of the molecule is NC(=O)C1CCN(C(=O)CSc2nnc(N3CCCC3)n2-c2cccc(Cl)c2)CC1. The molecule has 3 heterocycles. The number of hydrogen-bond acceptors (Lipinski definition) is 6. The van der Waals surface area contributed by atoms with E-state index in [0.717, 1.165) is 37.6 Å². The summed E-state index contributed by atoms with van der Waals surface area (Å²) in [6.07, 6.45) is 3.52. The first-order valence-electron chi connectivity index (χ1n) is 10.2. The number of benzene rings is 1. The molecule has 4 rings (SSSR count). The van der Waals surface area contributed by atoms with E-state index in [2.05, 4.69) is 15.1 Å². The number of primary amides is 1. The van der Waals surface area contributed by atoms with Crippen molar-refractivity contribution < 1.29 is 9.59 Å². The smallest absolute Gasteiger partial charge is 0.233 e. The molecule has 0 spiro atoms. The molecule has 0 unspecified atom stereocenters. The van der Waals surface area contributed by atoms with Gasteiger partial charge in [0.2, 0.25) is 17.8 Å². The monoisotopic (exact) mass is 448 g/mol. The third-order valence-electron chi connectivity index (χ3n) is 5.65. The molecule has 2 aliphatic rings. The quantitative estimate of drug-likeness (QED) is 0.681. The molecule has 8 nitrogen and oxygen atoms in total. The molecule has 0 atom stereocenters. The van der Waals surface area contributed by atoms with Crippen LogP contribution in [0.25, 0.3) is 5.69 Å². The lowest BCUT2D eigenvalue weighted by Crippen LogP contribution is -2.42. The van der Waals surface area contributed by atoms with Gasteiger partial charge in [-0.25, -0.2) is 0 Å². The first-order chi connectivity index (χ1) is 14.5. The Morgan fingerprint density at radius 1 is 1.13 bits per heavy atom. The van der Waals surface area contributed by atoms with Gasteiger partial charge >= 0.3 is 0 Å². The van der Waals surface area contributed by atoms with Crippen molar-refractivity contribution in [2.24, 2.45) is 11.7 Å². The number of amides is 2. The lowest BCUT2D eigenvalue weighted by Gasteiger charge is -2.30. The Hall–Kier alpha value is -2.26. The molecule has 160 valence electrons. The molecule has 2 aromatic rings. The maximum atomic E-state index is 12.7. The van der Waals surface area contributed by atoms with Crippen molar-refractivity contribution in [3.05, 3.63) is 29.3 Å². The van der Waals surface area contributed by atoms with Crippen molar-refractivity contribution in [3.63, 3.8) is 0 Å². The van der Waals surface area contributed by atoms with Gasteiger partial charge in [-0.15, -0.1) is 10.2 Å². The van der Waals surface area contributed by atoms with Gasteiger partial charge in [0.1, 0.15) is 0 Å². The number of nitrogens with two attached hydrogens (primary N) is 1. The molecule has 0 bridgehead atoms. The zero-order valence-corrected chi connectivity index (χ0v) is 18.2. The Morgan fingerprint density at radius 3 is 2.53 bits per heavy atom. The Labute approximate surface area is 184 Å². The first-order valence-corrected chi connectivity index (χ1v) is 11.6. The lowest BCUT2D eigenvalue weighted by atomic mass is 9.96.